The van der Waals surface area contributed by atoms with Gasteiger partial charge in [-0.3, -0.25) is 24.7 Å². The second-order valence-electron chi connectivity index (χ2n) is 20.2. The quantitative estimate of drug-likeness (QED) is 0.0613. The van der Waals surface area contributed by atoms with Crippen LogP contribution in [0.3, 0.4) is 0 Å². The molecule has 1 spiro atoms. The first-order valence-electron chi connectivity index (χ1n) is 25.1. The standard InChI is InChI=1S/C54H63N9O8S/c1-36(2)44-6-4-5-7-45(44)49-35-60(34-38-8-10-41(69-3)11-9-38)22-23-62(49)40-29-54(30-40)17-20-61(21-18-54)51-28-50(71-42-26-39-14-19-55-52(39)58-32-42)46(33-57-51)53(64)59-72(67,68)43-12-13-47(48(27-43)63(65)66)56-31-37-15-24-70-25-16-37/h4-14,19,26-28,32-33,36-37,40,49,56H,15-18,20-25,29-31,34-35H2,1-3H3,(H,55,58)(H,59,64). The Hall–Kier alpha value is -6.60. The average Bonchev–Trinajstić information content (AvgIpc) is 3.86. The summed E-state index contributed by atoms with van der Waals surface area (Å²) in [4.78, 5) is 44.9. The molecule has 10 rings (SSSR count). The first-order chi connectivity index (χ1) is 34.8. The van der Waals surface area contributed by atoms with Crippen LogP contribution in [0.25, 0.3) is 11.0 Å². The Labute approximate surface area is 420 Å². The molecule has 0 bridgehead atoms. The summed E-state index contributed by atoms with van der Waals surface area (Å²) in [7, 11) is -2.89. The van der Waals surface area contributed by atoms with Crippen LogP contribution in [-0.4, -0.2) is 110 Å². The van der Waals surface area contributed by atoms with Crippen molar-refractivity contribution in [2.45, 2.75) is 81.8 Å². The molecule has 4 fully saturated rings. The summed E-state index contributed by atoms with van der Waals surface area (Å²) >= 11 is 0. The van der Waals surface area contributed by atoms with Crippen LogP contribution in [0.2, 0.25) is 0 Å². The van der Waals surface area contributed by atoms with Gasteiger partial charge in [0.25, 0.3) is 21.6 Å². The number of methoxy groups -OCH3 is 1. The molecule has 378 valence electrons. The van der Waals surface area contributed by atoms with Crippen LogP contribution in [0.15, 0.2) is 108 Å². The van der Waals surface area contributed by atoms with Gasteiger partial charge in [0.15, 0.2) is 0 Å². The van der Waals surface area contributed by atoms with E-state index in [1.165, 1.54) is 41.2 Å². The zero-order valence-electron chi connectivity index (χ0n) is 41.1. The van der Waals surface area contributed by atoms with Crippen molar-refractivity contribution in [2.24, 2.45) is 11.3 Å². The smallest absolute Gasteiger partial charge is 0.293 e. The number of anilines is 2. The minimum Gasteiger partial charge on any atom is -0.497 e. The SMILES string of the molecule is COc1ccc(CN2CCN(C3CC4(CCN(c5cc(Oc6cnc7[nH]ccc7c6)c(C(=O)NS(=O)(=O)c6ccc(NCC7CCOCC7)c([N+](=O)[O-])c6)cn5)CC4)C3)C(c3ccccc3C(C)C)C2)cc1. The fourth-order valence-electron chi connectivity index (χ4n) is 11.2. The van der Waals surface area contributed by atoms with Crippen LogP contribution < -0.4 is 24.4 Å². The minimum absolute atomic E-state index is 0.0888. The highest BCUT2D eigenvalue weighted by atomic mass is 32.2. The lowest BCUT2D eigenvalue weighted by molar-refractivity contribution is -0.384. The van der Waals surface area contributed by atoms with Gasteiger partial charge in [0.1, 0.15) is 40.0 Å². The van der Waals surface area contributed by atoms with Gasteiger partial charge in [-0.25, -0.2) is 23.1 Å². The van der Waals surface area contributed by atoms with Crippen LogP contribution in [0.1, 0.15) is 91.4 Å². The molecular weight excluding hydrogens is 935 g/mol. The molecule has 72 heavy (non-hydrogen) atoms. The first kappa shape index (κ1) is 49.0. The average molecular weight is 998 g/mol. The fraction of sp³-hybridized carbons (Fsp3) is 0.426. The molecule has 3 N–H and O–H groups in total. The molecule has 1 unspecified atom stereocenters. The van der Waals surface area contributed by atoms with Gasteiger partial charge in [-0.05, 0) is 109 Å². The normalized spacial score (nSPS) is 19.1. The Balaban J connectivity index is 0.835. The van der Waals surface area contributed by atoms with E-state index in [0.717, 1.165) is 95.0 Å². The second kappa shape index (κ2) is 20.9. The van der Waals surface area contributed by atoms with Crippen LogP contribution in [-0.2, 0) is 21.3 Å². The molecule has 1 saturated carbocycles. The van der Waals surface area contributed by atoms with E-state index in [0.29, 0.717) is 48.9 Å². The number of nitro benzene ring substituents is 1. The zero-order valence-corrected chi connectivity index (χ0v) is 41.9. The number of aromatic amines is 1. The van der Waals surface area contributed by atoms with Crippen LogP contribution >= 0.6 is 0 Å². The molecule has 6 aromatic rings. The van der Waals surface area contributed by atoms with Crippen molar-refractivity contribution in [1.82, 2.24) is 29.5 Å². The Morgan fingerprint density at radius 2 is 1.72 bits per heavy atom. The van der Waals surface area contributed by atoms with E-state index < -0.39 is 31.4 Å². The van der Waals surface area contributed by atoms with Gasteiger partial charge >= 0.3 is 0 Å². The van der Waals surface area contributed by atoms with Crippen molar-refractivity contribution < 1.29 is 32.3 Å². The van der Waals surface area contributed by atoms with E-state index in [9.17, 15) is 23.3 Å². The first-order valence-corrected chi connectivity index (χ1v) is 26.5. The molecule has 1 amide bonds. The van der Waals surface area contributed by atoms with E-state index in [1.54, 1.807) is 25.4 Å². The monoisotopic (exact) mass is 997 g/mol. The molecule has 18 heteroatoms. The molecule has 1 aliphatic carbocycles. The van der Waals surface area contributed by atoms with Crippen molar-refractivity contribution in [3.63, 3.8) is 0 Å². The number of carbonyl (C=O) groups excluding carboxylic acids is 1. The van der Waals surface area contributed by atoms with Crippen molar-refractivity contribution in [1.29, 1.82) is 0 Å². The number of hydrogen-bond donors (Lipinski definition) is 3. The number of pyridine rings is 2. The molecule has 4 aliphatic rings. The number of H-pyrrole nitrogens is 1. The van der Waals surface area contributed by atoms with Crippen molar-refractivity contribution in [2.75, 3.05) is 69.8 Å². The summed E-state index contributed by atoms with van der Waals surface area (Å²) < 4.78 is 46.9. The Kier molecular flexibility index (Phi) is 14.2. The predicted molar refractivity (Wildman–Crippen MR) is 275 cm³/mol. The van der Waals surface area contributed by atoms with E-state index in [-0.39, 0.29) is 34.4 Å². The zero-order chi connectivity index (χ0) is 50.0. The number of piperazine rings is 1. The predicted octanol–water partition coefficient (Wildman–Crippen LogP) is 9.06. The van der Waals surface area contributed by atoms with Crippen molar-refractivity contribution >= 4 is 44.2 Å². The number of amides is 1. The highest BCUT2D eigenvalue weighted by Crippen LogP contribution is 2.53. The molecule has 3 aliphatic heterocycles. The number of nitrogens with zero attached hydrogens (tertiary/aromatic N) is 6. The van der Waals surface area contributed by atoms with Gasteiger partial charge in [-0.15, -0.1) is 0 Å². The molecule has 3 aromatic carbocycles. The maximum absolute atomic E-state index is 14.0. The number of aromatic nitrogens is 3. The summed E-state index contributed by atoms with van der Waals surface area (Å²) in [5.41, 5.74) is 4.63. The number of fused-ring (bicyclic) bond motifs is 1. The molecule has 3 aromatic heterocycles. The van der Waals surface area contributed by atoms with Gasteiger partial charge in [-0.1, -0.05) is 50.2 Å². The van der Waals surface area contributed by atoms with Gasteiger partial charge in [-0.2, -0.15) is 0 Å². The van der Waals surface area contributed by atoms with E-state index in [1.807, 2.05) is 18.2 Å². The third kappa shape index (κ3) is 10.6. The number of piperidine rings is 1. The molecule has 3 saturated heterocycles. The summed E-state index contributed by atoms with van der Waals surface area (Å²) in [5.74, 6) is 1.57. The number of nitrogens with one attached hydrogen (secondary N) is 3. The lowest BCUT2D eigenvalue weighted by atomic mass is 9.59. The third-order valence-corrected chi connectivity index (χ3v) is 16.7. The molecular formula is C54H63N9O8S. The Bertz CT molecular complexity index is 3020. The van der Waals surface area contributed by atoms with Crippen LogP contribution in [0, 0.1) is 21.4 Å². The molecule has 17 nitrogen and oxygen atoms in total. The number of nitro groups is 1. The number of sulfonamides is 1. The lowest BCUT2D eigenvalue weighted by Crippen LogP contribution is -2.60. The van der Waals surface area contributed by atoms with Crippen LogP contribution in [0.5, 0.6) is 17.2 Å². The Morgan fingerprint density at radius 1 is 0.944 bits per heavy atom. The van der Waals surface area contributed by atoms with E-state index >= 15 is 0 Å². The largest absolute Gasteiger partial charge is 0.497 e. The van der Waals surface area contributed by atoms with Crippen molar-refractivity contribution in [3.8, 4) is 17.2 Å². The summed E-state index contributed by atoms with van der Waals surface area (Å²) in [6.45, 7) is 11.7. The molecule has 0 radical (unpaired) electrons. The Morgan fingerprint density at radius 3 is 2.47 bits per heavy atom. The fourth-order valence-corrected chi connectivity index (χ4v) is 12.2. The third-order valence-electron chi connectivity index (χ3n) is 15.3. The highest BCUT2D eigenvalue weighted by Gasteiger charge is 2.50. The number of ether oxygens (including phenoxy) is 3. The van der Waals surface area contributed by atoms with Gasteiger partial charge in [0, 0.05) is 101 Å². The van der Waals surface area contributed by atoms with E-state index in [4.69, 9.17) is 19.2 Å². The molecule has 1 atom stereocenters. The number of rotatable bonds is 16. The summed E-state index contributed by atoms with van der Waals surface area (Å²) in [6, 6.07) is 27.0. The number of hydrogen-bond acceptors (Lipinski definition) is 14. The van der Waals surface area contributed by atoms with Crippen molar-refractivity contribution in [3.05, 3.63) is 136 Å². The highest BCUT2D eigenvalue weighted by molar-refractivity contribution is 7.90. The minimum atomic E-state index is -4.59. The number of carbonyl (C=O) groups is 1. The second-order valence-corrected chi connectivity index (χ2v) is 21.9. The number of benzene rings is 3. The summed E-state index contributed by atoms with van der Waals surface area (Å²) in [6.07, 6.45) is 10.5. The van der Waals surface area contributed by atoms with Gasteiger partial charge < -0.3 is 29.4 Å². The topological polar surface area (TPSA) is 197 Å². The maximum atomic E-state index is 14.0. The van der Waals surface area contributed by atoms with E-state index in [2.05, 4.69) is 85.0 Å². The summed E-state index contributed by atoms with van der Waals surface area (Å²) in [5, 5.41) is 16.1. The maximum Gasteiger partial charge on any atom is 0.293 e. The lowest BCUT2D eigenvalue weighted by Gasteiger charge is -2.58. The van der Waals surface area contributed by atoms with Gasteiger partial charge in [0.2, 0.25) is 0 Å². The van der Waals surface area contributed by atoms with Gasteiger partial charge in [0.05, 0.1) is 23.1 Å². The molecule has 6 heterocycles. The van der Waals surface area contributed by atoms with Crippen LogP contribution in [0.4, 0.5) is 17.2 Å².